The van der Waals surface area contributed by atoms with E-state index in [1.165, 1.54) is 0 Å². The molecule has 0 unspecified atom stereocenters. The fraction of sp³-hybridized carbons (Fsp3) is 0.429. The van der Waals surface area contributed by atoms with Crippen molar-refractivity contribution in [3.05, 3.63) is 41.6 Å². The van der Waals surface area contributed by atoms with E-state index < -0.39 is 0 Å². The van der Waals surface area contributed by atoms with Gasteiger partial charge >= 0.3 is 0 Å². The minimum atomic E-state index is 0.442. The summed E-state index contributed by atoms with van der Waals surface area (Å²) in [6, 6.07) is 7.65. The van der Waals surface area contributed by atoms with Crippen molar-refractivity contribution in [2.45, 2.75) is 26.9 Å². The number of nitrogens with zero attached hydrogens (tertiary/aromatic N) is 2. The second-order valence-electron chi connectivity index (χ2n) is 5.98. The molecule has 1 aromatic carbocycles. The maximum absolute atomic E-state index is 5.58. The fourth-order valence-electron chi connectivity index (χ4n) is 2.74. The van der Waals surface area contributed by atoms with Crippen LogP contribution >= 0.6 is 0 Å². The van der Waals surface area contributed by atoms with Crippen LogP contribution in [0.3, 0.4) is 0 Å². The molecule has 0 aliphatic rings. The first-order chi connectivity index (χ1) is 14.2. The molecule has 0 saturated heterocycles. The van der Waals surface area contributed by atoms with Gasteiger partial charge in [-0.25, -0.2) is 9.98 Å². The Morgan fingerprint density at radius 1 is 1.03 bits per heavy atom. The molecule has 1 aromatic heterocycles. The molecule has 8 heteroatoms. The highest BCUT2D eigenvalue weighted by Crippen LogP contribution is 2.38. The smallest absolute Gasteiger partial charge is 0.218 e. The average Bonchev–Trinajstić information content (AvgIpc) is 2.75. The Morgan fingerprint density at radius 3 is 2.34 bits per heavy atom. The van der Waals surface area contributed by atoms with Gasteiger partial charge in [-0.15, -0.1) is 0 Å². The van der Waals surface area contributed by atoms with Gasteiger partial charge in [0.25, 0.3) is 0 Å². The highest BCUT2D eigenvalue weighted by atomic mass is 16.5. The van der Waals surface area contributed by atoms with Crippen LogP contribution in [0.1, 0.15) is 25.0 Å². The molecular formula is C21H30N4O4. The van der Waals surface area contributed by atoms with Crippen LogP contribution in [0.4, 0.5) is 0 Å². The normalized spacial score (nSPS) is 11.0. The van der Waals surface area contributed by atoms with Crippen LogP contribution in [-0.4, -0.2) is 45.4 Å². The Balaban J connectivity index is 2.15. The SMILES string of the molecule is CCNC(=NCc1cc(OC)c(OC)c(OC)c1)NCc1cccnc1OCC. The molecule has 0 aliphatic heterocycles. The summed E-state index contributed by atoms with van der Waals surface area (Å²) in [4.78, 5) is 8.94. The zero-order chi connectivity index (χ0) is 21.1. The molecule has 2 aromatic rings. The van der Waals surface area contributed by atoms with Gasteiger partial charge in [0, 0.05) is 24.8 Å². The summed E-state index contributed by atoms with van der Waals surface area (Å²) < 4.78 is 21.8. The van der Waals surface area contributed by atoms with Crippen molar-refractivity contribution in [1.29, 1.82) is 0 Å². The summed E-state index contributed by atoms with van der Waals surface area (Å²) in [5, 5.41) is 6.56. The van der Waals surface area contributed by atoms with E-state index in [-0.39, 0.29) is 0 Å². The lowest BCUT2D eigenvalue weighted by atomic mass is 10.2. The second kappa shape index (κ2) is 11.6. The number of aromatic nitrogens is 1. The number of benzene rings is 1. The third kappa shape index (κ3) is 6.17. The Hall–Kier alpha value is -3.16. The van der Waals surface area contributed by atoms with E-state index in [2.05, 4.69) is 20.6 Å². The zero-order valence-corrected chi connectivity index (χ0v) is 17.7. The van der Waals surface area contributed by atoms with Crippen LogP contribution < -0.4 is 29.6 Å². The van der Waals surface area contributed by atoms with E-state index in [1.54, 1.807) is 27.5 Å². The van der Waals surface area contributed by atoms with E-state index >= 15 is 0 Å². The van der Waals surface area contributed by atoms with Crippen molar-refractivity contribution in [2.24, 2.45) is 4.99 Å². The summed E-state index contributed by atoms with van der Waals surface area (Å²) in [5.41, 5.74) is 1.90. The lowest BCUT2D eigenvalue weighted by Crippen LogP contribution is -2.36. The number of nitrogens with one attached hydrogen (secondary N) is 2. The van der Waals surface area contributed by atoms with Crippen LogP contribution in [0.15, 0.2) is 35.5 Å². The fourth-order valence-corrected chi connectivity index (χ4v) is 2.74. The number of guanidine groups is 1. The molecule has 0 amide bonds. The van der Waals surface area contributed by atoms with E-state index in [1.807, 2.05) is 38.1 Å². The number of pyridine rings is 1. The number of methoxy groups -OCH3 is 3. The molecule has 2 N–H and O–H groups in total. The van der Waals surface area contributed by atoms with Gasteiger partial charge in [0.05, 0.1) is 34.5 Å². The molecule has 0 atom stereocenters. The molecule has 8 nitrogen and oxygen atoms in total. The monoisotopic (exact) mass is 402 g/mol. The summed E-state index contributed by atoms with van der Waals surface area (Å²) >= 11 is 0. The Labute approximate surface area is 172 Å². The Morgan fingerprint density at radius 2 is 1.76 bits per heavy atom. The van der Waals surface area contributed by atoms with Gasteiger partial charge in [-0.1, -0.05) is 6.07 Å². The average molecular weight is 402 g/mol. The van der Waals surface area contributed by atoms with Gasteiger partial charge < -0.3 is 29.6 Å². The summed E-state index contributed by atoms with van der Waals surface area (Å²) in [7, 11) is 4.78. The van der Waals surface area contributed by atoms with Crippen LogP contribution in [0.5, 0.6) is 23.1 Å². The number of aliphatic imine (C=N–C) groups is 1. The van der Waals surface area contributed by atoms with Gasteiger partial charge in [-0.2, -0.15) is 0 Å². The molecule has 2 rings (SSSR count). The molecule has 1 heterocycles. The Bertz CT molecular complexity index is 786. The molecule has 0 spiro atoms. The first-order valence-electron chi connectivity index (χ1n) is 9.54. The summed E-state index contributed by atoms with van der Waals surface area (Å²) in [5.74, 6) is 3.08. The molecule has 0 aliphatic carbocycles. The molecule has 0 saturated carbocycles. The minimum Gasteiger partial charge on any atom is -0.493 e. The number of ether oxygens (including phenoxy) is 4. The van der Waals surface area contributed by atoms with Crippen LogP contribution in [0, 0.1) is 0 Å². The predicted molar refractivity (Wildman–Crippen MR) is 113 cm³/mol. The predicted octanol–water partition coefficient (Wildman–Crippen LogP) is 2.76. The molecule has 0 radical (unpaired) electrons. The first-order valence-corrected chi connectivity index (χ1v) is 9.54. The lowest BCUT2D eigenvalue weighted by molar-refractivity contribution is 0.322. The van der Waals surface area contributed by atoms with Gasteiger partial charge in [-0.3, -0.25) is 0 Å². The number of hydrogen-bond acceptors (Lipinski definition) is 6. The maximum Gasteiger partial charge on any atom is 0.218 e. The van der Waals surface area contributed by atoms with Crippen LogP contribution in [-0.2, 0) is 13.1 Å². The minimum absolute atomic E-state index is 0.442. The largest absolute Gasteiger partial charge is 0.493 e. The number of rotatable bonds is 10. The van der Waals surface area contributed by atoms with Crippen molar-refractivity contribution in [3.8, 4) is 23.1 Å². The second-order valence-corrected chi connectivity index (χ2v) is 5.98. The van der Waals surface area contributed by atoms with Gasteiger partial charge in [0.2, 0.25) is 11.6 Å². The third-order valence-electron chi connectivity index (χ3n) is 4.07. The summed E-state index contributed by atoms with van der Waals surface area (Å²) in [6.07, 6.45) is 1.72. The molecule has 29 heavy (non-hydrogen) atoms. The van der Waals surface area contributed by atoms with Crippen molar-refractivity contribution in [1.82, 2.24) is 15.6 Å². The van der Waals surface area contributed by atoms with Crippen molar-refractivity contribution >= 4 is 5.96 Å². The van der Waals surface area contributed by atoms with Crippen molar-refractivity contribution < 1.29 is 18.9 Å². The van der Waals surface area contributed by atoms with E-state index in [0.717, 1.165) is 17.7 Å². The summed E-state index contributed by atoms with van der Waals surface area (Å²) in [6.45, 7) is 6.26. The maximum atomic E-state index is 5.58. The molecule has 158 valence electrons. The molecule has 0 bridgehead atoms. The van der Waals surface area contributed by atoms with E-state index in [4.69, 9.17) is 18.9 Å². The molecule has 0 fully saturated rings. The third-order valence-corrected chi connectivity index (χ3v) is 4.07. The van der Waals surface area contributed by atoms with Crippen LogP contribution in [0.25, 0.3) is 0 Å². The highest BCUT2D eigenvalue weighted by molar-refractivity contribution is 5.79. The quantitative estimate of drug-likeness (QED) is 0.467. The Kier molecular flexibility index (Phi) is 8.88. The van der Waals surface area contributed by atoms with Gasteiger partial charge in [0.15, 0.2) is 17.5 Å². The van der Waals surface area contributed by atoms with Crippen LogP contribution in [0.2, 0.25) is 0 Å². The van der Waals surface area contributed by atoms with E-state index in [0.29, 0.717) is 48.8 Å². The number of hydrogen-bond donors (Lipinski definition) is 2. The lowest BCUT2D eigenvalue weighted by Gasteiger charge is -2.15. The topological polar surface area (TPSA) is 86.2 Å². The van der Waals surface area contributed by atoms with Crippen molar-refractivity contribution in [2.75, 3.05) is 34.5 Å². The van der Waals surface area contributed by atoms with Gasteiger partial charge in [-0.05, 0) is 37.6 Å². The zero-order valence-electron chi connectivity index (χ0n) is 17.7. The standard InChI is InChI=1S/C21H30N4O4/c1-6-22-21(25-14-16-9-8-10-23-20(16)29-7-2)24-13-15-11-17(26-3)19(28-5)18(12-15)27-4/h8-12H,6-7,13-14H2,1-5H3,(H2,22,24,25). The van der Waals surface area contributed by atoms with Gasteiger partial charge in [0.1, 0.15) is 0 Å². The van der Waals surface area contributed by atoms with Crippen molar-refractivity contribution in [3.63, 3.8) is 0 Å². The first kappa shape index (κ1) is 22.1. The van der Waals surface area contributed by atoms with E-state index in [9.17, 15) is 0 Å². The highest BCUT2D eigenvalue weighted by Gasteiger charge is 2.13. The molecular weight excluding hydrogens is 372 g/mol.